The van der Waals surface area contributed by atoms with Crippen molar-refractivity contribution in [2.75, 3.05) is 27.2 Å². The molecular weight excluding hydrogens is 248 g/mol. The lowest BCUT2D eigenvalue weighted by Gasteiger charge is -2.33. The van der Waals surface area contributed by atoms with Crippen LogP contribution in [-0.4, -0.2) is 48.1 Å². The van der Waals surface area contributed by atoms with E-state index in [2.05, 4.69) is 36.0 Å². The maximum atomic E-state index is 9.05. The Bertz CT molecular complexity index is 390. The number of nitrogens with zero attached hydrogens (tertiary/aromatic N) is 2. The highest BCUT2D eigenvalue weighted by Gasteiger charge is 2.18. The van der Waals surface area contributed by atoms with Gasteiger partial charge in [-0.2, -0.15) is 0 Å². The van der Waals surface area contributed by atoms with Gasteiger partial charge in [0.2, 0.25) is 0 Å². The lowest BCUT2D eigenvalue weighted by atomic mass is 10.00. The molecule has 1 N–H and O–H groups in total. The van der Waals surface area contributed by atoms with Crippen LogP contribution in [0.3, 0.4) is 0 Å². The molecule has 1 aromatic carbocycles. The van der Waals surface area contributed by atoms with Crippen LogP contribution in [0.2, 0.25) is 0 Å². The van der Waals surface area contributed by atoms with Crippen LogP contribution in [0.1, 0.15) is 36.8 Å². The molecule has 3 heteroatoms. The molecule has 0 bridgehead atoms. The maximum Gasteiger partial charge on any atom is 0.0681 e. The summed E-state index contributed by atoms with van der Waals surface area (Å²) >= 11 is 0. The van der Waals surface area contributed by atoms with Crippen LogP contribution >= 0.6 is 0 Å². The molecular formula is C17H28N2O. The van der Waals surface area contributed by atoms with Crippen LogP contribution in [0, 0.1) is 0 Å². The summed E-state index contributed by atoms with van der Waals surface area (Å²) in [6, 6.07) is 9.03. The number of hydrogen-bond acceptors (Lipinski definition) is 3. The molecule has 1 aliphatic rings. The molecule has 1 aromatic rings. The molecule has 0 spiro atoms. The van der Waals surface area contributed by atoms with Gasteiger partial charge in [0.05, 0.1) is 6.61 Å². The fourth-order valence-electron chi connectivity index (χ4n) is 3.02. The first-order valence-corrected chi connectivity index (χ1v) is 7.76. The summed E-state index contributed by atoms with van der Waals surface area (Å²) in [4.78, 5) is 4.92. The first-order chi connectivity index (χ1) is 9.69. The van der Waals surface area contributed by atoms with Gasteiger partial charge in [-0.05, 0) is 57.6 Å². The highest BCUT2D eigenvalue weighted by atomic mass is 16.3. The van der Waals surface area contributed by atoms with Gasteiger partial charge in [-0.15, -0.1) is 0 Å². The number of likely N-dealkylation sites (tertiary alicyclic amines) is 1. The Morgan fingerprint density at radius 3 is 2.55 bits per heavy atom. The Balaban J connectivity index is 1.75. The van der Waals surface area contributed by atoms with Gasteiger partial charge < -0.3 is 14.9 Å². The molecule has 1 fully saturated rings. The van der Waals surface area contributed by atoms with E-state index >= 15 is 0 Å². The van der Waals surface area contributed by atoms with E-state index in [0.29, 0.717) is 0 Å². The molecule has 2 rings (SSSR count). The summed E-state index contributed by atoms with van der Waals surface area (Å²) in [5, 5.41) is 9.05. The minimum atomic E-state index is 0.129. The zero-order valence-electron chi connectivity index (χ0n) is 12.9. The molecule has 1 heterocycles. The van der Waals surface area contributed by atoms with E-state index in [4.69, 9.17) is 5.11 Å². The van der Waals surface area contributed by atoms with E-state index in [-0.39, 0.29) is 6.61 Å². The van der Waals surface area contributed by atoms with Crippen LogP contribution in [0.4, 0.5) is 0 Å². The molecule has 0 amide bonds. The number of piperidine rings is 1. The summed E-state index contributed by atoms with van der Waals surface area (Å²) in [5.74, 6) is 0. The van der Waals surface area contributed by atoms with Crippen molar-refractivity contribution < 1.29 is 5.11 Å². The topological polar surface area (TPSA) is 26.7 Å². The van der Waals surface area contributed by atoms with Gasteiger partial charge in [0.15, 0.2) is 0 Å². The summed E-state index contributed by atoms with van der Waals surface area (Å²) < 4.78 is 0. The Hall–Kier alpha value is -0.900. The Morgan fingerprint density at radius 2 is 1.90 bits per heavy atom. The Morgan fingerprint density at radius 1 is 1.20 bits per heavy atom. The van der Waals surface area contributed by atoms with E-state index in [1.807, 2.05) is 12.1 Å². The third kappa shape index (κ3) is 4.58. The average molecular weight is 276 g/mol. The molecule has 112 valence electrons. The normalized spacial score (nSPS) is 20.5. The van der Waals surface area contributed by atoms with Crippen LogP contribution in [0.15, 0.2) is 24.3 Å². The molecule has 3 nitrogen and oxygen atoms in total. The van der Waals surface area contributed by atoms with Gasteiger partial charge in [0.25, 0.3) is 0 Å². The summed E-state index contributed by atoms with van der Waals surface area (Å²) in [6.07, 6.45) is 5.37. The van der Waals surface area contributed by atoms with Gasteiger partial charge in [-0.1, -0.05) is 30.7 Å². The van der Waals surface area contributed by atoms with Gasteiger partial charge in [-0.3, -0.25) is 0 Å². The van der Waals surface area contributed by atoms with Crippen molar-refractivity contribution in [3.05, 3.63) is 35.4 Å². The molecule has 1 saturated heterocycles. The molecule has 0 radical (unpaired) electrons. The van der Waals surface area contributed by atoms with E-state index in [9.17, 15) is 0 Å². The standard InChI is InChI=1S/C17H28N2O/c1-18(12-10-17-5-3-4-11-19(17)2)13-15-6-8-16(14-20)9-7-15/h6-9,17,20H,3-5,10-14H2,1-2H3. The second-order valence-electron chi connectivity index (χ2n) is 6.13. The highest BCUT2D eigenvalue weighted by molar-refractivity contribution is 5.21. The van der Waals surface area contributed by atoms with E-state index in [1.165, 1.54) is 37.8 Å². The van der Waals surface area contributed by atoms with Gasteiger partial charge in [0.1, 0.15) is 0 Å². The first-order valence-electron chi connectivity index (χ1n) is 7.76. The van der Waals surface area contributed by atoms with Gasteiger partial charge in [-0.25, -0.2) is 0 Å². The Labute approximate surface area is 123 Å². The van der Waals surface area contributed by atoms with Gasteiger partial charge in [0, 0.05) is 12.6 Å². The smallest absolute Gasteiger partial charge is 0.0681 e. The number of aliphatic hydroxyl groups excluding tert-OH is 1. The minimum absolute atomic E-state index is 0.129. The molecule has 0 saturated carbocycles. The molecule has 0 aromatic heterocycles. The van der Waals surface area contributed by atoms with Crippen molar-refractivity contribution in [2.45, 2.75) is 44.9 Å². The predicted octanol–water partition coefficient (Wildman–Crippen LogP) is 2.49. The van der Waals surface area contributed by atoms with Crippen molar-refractivity contribution >= 4 is 0 Å². The first kappa shape index (κ1) is 15.5. The van der Waals surface area contributed by atoms with E-state index < -0.39 is 0 Å². The quantitative estimate of drug-likeness (QED) is 0.865. The minimum Gasteiger partial charge on any atom is -0.392 e. The third-order valence-electron chi connectivity index (χ3n) is 4.42. The zero-order valence-corrected chi connectivity index (χ0v) is 12.9. The van der Waals surface area contributed by atoms with Gasteiger partial charge >= 0.3 is 0 Å². The zero-order chi connectivity index (χ0) is 14.4. The van der Waals surface area contributed by atoms with Crippen LogP contribution in [-0.2, 0) is 13.2 Å². The average Bonchev–Trinajstić information content (AvgIpc) is 2.47. The molecule has 1 unspecified atom stereocenters. The van der Waals surface area contributed by atoms with Crippen LogP contribution in [0.25, 0.3) is 0 Å². The number of hydrogen-bond donors (Lipinski definition) is 1. The fraction of sp³-hybridized carbons (Fsp3) is 0.647. The monoisotopic (exact) mass is 276 g/mol. The second-order valence-corrected chi connectivity index (χ2v) is 6.13. The maximum absolute atomic E-state index is 9.05. The van der Waals surface area contributed by atoms with Crippen molar-refractivity contribution in [1.82, 2.24) is 9.80 Å². The third-order valence-corrected chi connectivity index (χ3v) is 4.42. The highest BCUT2D eigenvalue weighted by Crippen LogP contribution is 2.18. The Kier molecular flexibility index (Phi) is 6.02. The predicted molar refractivity (Wildman–Crippen MR) is 83.6 cm³/mol. The lowest BCUT2D eigenvalue weighted by Crippen LogP contribution is -2.38. The van der Waals surface area contributed by atoms with E-state index in [1.54, 1.807) is 0 Å². The van der Waals surface area contributed by atoms with Crippen LogP contribution < -0.4 is 0 Å². The van der Waals surface area contributed by atoms with E-state index in [0.717, 1.165) is 24.7 Å². The van der Waals surface area contributed by atoms with Crippen molar-refractivity contribution in [1.29, 1.82) is 0 Å². The fourth-order valence-corrected chi connectivity index (χ4v) is 3.02. The van der Waals surface area contributed by atoms with Crippen LogP contribution in [0.5, 0.6) is 0 Å². The summed E-state index contributed by atoms with van der Waals surface area (Å²) in [5.41, 5.74) is 2.31. The lowest BCUT2D eigenvalue weighted by molar-refractivity contribution is 0.159. The van der Waals surface area contributed by atoms with Crippen molar-refractivity contribution in [3.63, 3.8) is 0 Å². The second kappa shape index (κ2) is 7.77. The number of benzene rings is 1. The molecule has 20 heavy (non-hydrogen) atoms. The molecule has 1 atom stereocenters. The molecule has 1 aliphatic heterocycles. The van der Waals surface area contributed by atoms with Crippen molar-refractivity contribution in [2.24, 2.45) is 0 Å². The summed E-state index contributed by atoms with van der Waals surface area (Å²) in [7, 11) is 4.46. The number of aliphatic hydroxyl groups is 1. The largest absolute Gasteiger partial charge is 0.392 e. The number of rotatable bonds is 6. The van der Waals surface area contributed by atoms with Crippen molar-refractivity contribution in [3.8, 4) is 0 Å². The SMILES string of the molecule is CN(CCC1CCCCN1C)Cc1ccc(CO)cc1. The summed E-state index contributed by atoms with van der Waals surface area (Å²) in [6.45, 7) is 3.53. The molecule has 0 aliphatic carbocycles.